The molecule has 1 amide bonds. The lowest BCUT2D eigenvalue weighted by Crippen LogP contribution is -2.29. The Morgan fingerprint density at radius 2 is 1.59 bits per heavy atom. The van der Waals surface area contributed by atoms with Gasteiger partial charge < -0.3 is 19.3 Å². The van der Waals surface area contributed by atoms with E-state index in [1.165, 1.54) is 24.1 Å². The number of nitrogens with zero attached hydrogens (tertiary/aromatic N) is 1. The maximum Gasteiger partial charge on any atom is 0.338 e. The van der Waals surface area contributed by atoms with E-state index in [1.54, 1.807) is 67.6 Å². The van der Waals surface area contributed by atoms with Crippen molar-refractivity contribution in [3.63, 3.8) is 0 Å². The van der Waals surface area contributed by atoms with Crippen molar-refractivity contribution in [1.82, 2.24) is 0 Å². The molecule has 0 aromatic heterocycles. The highest BCUT2D eigenvalue weighted by Gasteiger charge is 2.47. The highest BCUT2D eigenvalue weighted by molar-refractivity contribution is 6.51. The number of carbonyl (C=O) groups is 3. The zero-order valence-corrected chi connectivity index (χ0v) is 20.8. The van der Waals surface area contributed by atoms with Gasteiger partial charge in [-0.05, 0) is 67.9 Å². The lowest BCUT2D eigenvalue weighted by Gasteiger charge is -2.26. The Labute approximate surface area is 214 Å². The lowest BCUT2D eigenvalue weighted by atomic mass is 9.95. The Kier molecular flexibility index (Phi) is 7.57. The number of rotatable bonds is 8. The third-order valence-corrected chi connectivity index (χ3v) is 5.93. The Bertz CT molecular complexity index is 1360. The van der Waals surface area contributed by atoms with Crippen LogP contribution in [-0.2, 0) is 14.3 Å². The summed E-state index contributed by atoms with van der Waals surface area (Å²) < 4.78 is 15.9. The number of hydrogen-bond acceptors (Lipinski definition) is 7. The summed E-state index contributed by atoms with van der Waals surface area (Å²) in [6.45, 7) is 4.22. The molecule has 1 unspecified atom stereocenters. The van der Waals surface area contributed by atoms with Crippen LogP contribution in [0, 0.1) is 0 Å². The van der Waals surface area contributed by atoms with Crippen molar-refractivity contribution in [3.8, 4) is 11.5 Å². The summed E-state index contributed by atoms with van der Waals surface area (Å²) in [5.74, 6) is -1.40. The summed E-state index contributed by atoms with van der Waals surface area (Å²) >= 11 is 0. The van der Waals surface area contributed by atoms with Crippen molar-refractivity contribution in [2.75, 3.05) is 25.2 Å². The molecule has 3 aromatic carbocycles. The zero-order chi connectivity index (χ0) is 26.5. The normalized spacial score (nSPS) is 16.5. The van der Waals surface area contributed by atoms with Gasteiger partial charge in [-0.2, -0.15) is 0 Å². The molecule has 0 aliphatic carbocycles. The molecule has 0 spiro atoms. The number of esters is 1. The van der Waals surface area contributed by atoms with E-state index in [0.717, 1.165) is 0 Å². The molecule has 1 atom stereocenters. The minimum Gasteiger partial charge on any atom is -0.507 e. The maximum atomic E-state index is 13.4. The van der Waals surface area contributed by atoms with Gasteiger partial charge in [-0.1, -0.05) is 24.3 Å². The van der Waals surface area contributed by atoms with Crippen LogP contribution in [0.5, 0.6) is 11.5 Å². The van der Waals surface area contributed by atoms with E-state index in [1.807, 2.05) is 6.92 Å². The summed E-state index contributed by atoms with van der Waals surface area (Å²) in [6.07, 6.45) is 0. The second kappa shape index (κ2) is 11.0. The summed E-state index contributed by atoms with van der Waals surface area (Å²) in [4.78, 5) is 40.1. The van der Waals surface area contributed by atoms with Crippen molar-refractivity contribution in [2.45, 2.75) is 19.9 Å². The van der Waals surface area contributed by atoms with Crippen molar-refractivity contribution in [3.05, 3.63) is 95.1 Å². The number of ketones is 1. The SMILES string of the molecule is CCOC(=O)c1ccc(N2C(=O)C(=O)/C(=C(/O)c3cccc(OCC)c3)C2c2cccc(OC)c2)cc1. The van der Waals surface area contributed by atoms with Crippen LogP contribution < -0.4 is 14.4 Å². The van der Waals surface area contributed by atoms with Crippen LogP contribution in [0.4, 0.5) is 5.69 Å². The van der Waals surface area contributed by atoms with Crippen LogP contribution >= 0.6 is 0 Å². The first kappa shape index (κ1) is 25.5. The van der Waals surface area contributed by atoms with Crippen LogP contribution in [0.25, 0.3) is 5.76 Å². The van der Waals surface area contributed by atoms with Crippen molar-refractivity contribution < 1.29 is 33.7 Å². The molecule has 0 radical (unpaired) electrons. The van der Waals surface area contributed by atoms with E-state index < -0.39 is 23.7 Å². The Morgan fingerprint density at radius 3 is 2.27 bits per heavy atom. The van der Waals surface area contributed by atoms with Gasteiger partial charge in [-0.3, -0.25) is 14.5 Å². The Balaban J connectivity index is 1.87. The minimum absolute atomic E-state index is 0.0682. The first-order chi connectivity index (χ1) is 17.9. The van der Waals surface area contributed by atoms with Crippen molar-refractivity contribution in [1.29, 1.82) is 0 Å². The molecule has 8 heteroatoms. The van der Waals surface area contributed by atoms with Crippen molar-refractivity contribution in [2.24, 2.45) is 0 Å². The predicted molar refractivity (Wildman–Crippen MR) is 138 cm³/mol. The highest BCUT2D eigenvalue weighted by atomic mass is 16.5. The van der Waals surface area contributed by atoms with E-state index in [-0.39, 0.29) is 17.9 Å². The molecule has 1 N–H and O–H groups in total. The first-order valence-electron chi connectivity index (χ1n) is 11.8. The van der Waals surface area contributed by atoms with E-state index >= 15 is 0 Å². The molecule has 1 fully saturated rings. The molecule has 190 valence electrons. The van der Waals surface area contributed by atoms with Crippen molar-refractivity contribution >= 4 is 29.1 Å². The van der Waals surface area contributed by atoms with Gasteiger partial charge in [-0.25, -0.2) is 4.79 Å². The lowest BCUT2D eigenvalue weighted by molar-refractivity contribution is -0.132. The molecule has 37 heavy (non-hydrogen) atoms. The van der Waals surface area contributed by atoms with E-state index in [2.05, 4.69) is 0 Å². The number of benzene rings is 3. The van der Waals surface area contributed by atoms with E-state index in [9.17, 15) is 19.5 Å². The maximum absolute atomic E-state index is 13.4. The molecule has 4 rings (SSSR count). The predicted octanol–water partition coefficient (Wildman–Crippen LogP) is 4.90. The number of anilines is 1. The zero-order valence-electron chi connectivity index (χ0n) is 20.8. The first-order valence-corrected chi connectivity index (χ1v) is 11.8. The van der Waals surface area contributed by atoms with Gasteiger partial charge in [0, 0.05) is 11.3 Å². The number of amides is 1. The van der Waals surface area contributed by atoms with Crippen LogP contribution in [0.2, 0.25) is 0 Å². The summed E-state index contributed by atoms with van der Waals surface area (Å²) in [6, 6.07) is 18.9. The summed E-state index contributed by atoms with van der Waals surface area (Å²) in [5.41, 5.74) is 1.53. The molecule has 3 aromatic rings. The third kappa shape index (κ3) is 5.04. The monoisotopic (exact) mass is 501 g/mol. The largest absolute Gasteiger partial charge is 0.507 e. The van der Waals surface area contributed by atoms with Gasteiger partial charge in [-0.15, -0.1) is 0 Å². The molecule has 8 nitrogen and oxygen atoms in total. The number of carbonyl (C=O) groups excluding carboxylic acids is 3. The van der Waals surface area contributed by atoms with Crippen LogP contribution in [-0.4, -0.2) is 43.1 Å². The number of ether oxygens (including phenoxy) is 3. The van der Waals surface area contributed by atoms with E-state index in [4.69, 9.17) is 14.2 Å². The summed E-state index contributed by atoms with van der Waals surface area (Å²) in [5, 5.41) is 11.3. The quantitative estimate of drug-likeness (QED) is 0.203. The standard InChI is InChI=1S/C29H27NO7/c1-4-36-23-11-7-9-20(17-23)26(31)24-25(19-8-6-10-22(16-19)35-3)30(28(33)27(24)32)21-14-12-18(13-15-21)29(34)37-5-2/h6-17,25,31H,4-5H2,1-3H3/b26-24+. The van der Waals surface area contributed by atoms with Gasteiger partial charge in [0.25, 0.3) is 11.7 Å². The Hall–Kier alpha value is -4.59. The van der Waals surface area contributed by atoms with Gasteiger partial charge >= 0.3 is 5.97 Å². The molecule has 1 aliphatic rings. The Morgan fingerprint density at radius 1 is 0.892 bits per heavy atom. The fraction of sp³-hybridized carbons (Fsp3) is 0.207. The number of Topliss-reactive ketones (excluding diaryl/α,β-unsaturated/α-hetero) is 1. The number of aliphatic hydroxyl groups is 1. The molecule has 1 heterocycles. The fourth-order valence-corrected chi connectivity index (χ4v) is 4.25. The van der Waals surface area contributed by atoms with E-state index in [0.29, 0.717) is 40.5 Å². The molecular weight excluding hydrogens is 474 g/mol. The van der Waals surface area contributed by atoms with Gasteiger partial charge in [0.05, 0.1) is 37.5 Å². The molecular formula is C29H27NO7. The second-order valence-corrected chi connectivity index (χ2v) is 8.17. The minimum atomic E-state index is -0.945. The second-order valence-electron chi connectivity index (χ2n) is 8.17. The molecule has 0 bridgehead atoms. The molecule has 0 saturated carbocycles. The topological polar surface area (TPSA) is 102 Å². The van der Waals surface area contributed by atoms with Crippen LogP contribution in [0.1, 0.15) is 41.4 Å². The average Bonchev–Trinajstić information content (AvgIpc) is 3.19. The molecule has 1 aliphatic heterocycles. The van der Waals surface area contributed by atoms with Gasteiger partial charge in [0.2, 0.25) is 0 Å². The van der Waals surface area contributed by atoms with Crippen LogP contribution in [0.15, 0.2) is 78.4 Å². The van der Waals surface area contributed by atoms with Gasteiger partial charge in [0.15, 0.2) is 0 Å². The number of methoxy groups -OCH3 is 1. The van der Waals surface area contributed by atoms with Crippen LogP contribution in [0.3, 0.4) is 0 Å². The number of aliphatic hydroxyl groups excluding tert-OH is 1. The smallest absolute Gasteiger partial charge is 0.338 e. The highest BCUT2D eigenvalue weighted by Crippen LogP contribution is 2.43. The third-order valence-electron chi connectivity index (χ3n) is 5.93. The average molecular weight is 502 g/mol. The fourth-order valence-electron chi connectivity index (χ4n) is 4.25. The molecule has 1 saturated heterocycles. The van der Waals surface area contributed by atoms with Gasteiger partial charge in [0.1, 0.15) is 17.3 Å². The summed E-state index contributed by atoms with van der Waals surface area (Å²) in [7, 11) is 1.52. The number of hydrogen-bond donors (Lipinski definition) is 1.